The summed E-state index contributed by atoms with van der Waals surface area (Å²) in [6, 6.07) is 0. The van der Waals surface area contributed by atoms with E-state index in [0.717, 1.165) is 38.7 Å². The molecule has 0 spiro atoms. The van der Waals surface area contributed by atoms with Crippen LogP contribution >= 0.6 is 0 Å². The molecule has 0 amide bonds. The first-order chi connectivity index (χ1) is 8.49. The average molecular weight is 258 g/mol. The maximum Gasteiger partial charge on any atom is 0.303 e. The van der Waals surface area contributed by atoms with Crippen LogP contribution in [0.2, 0.25) is 0 Å². The molecule has 0 radical (unpaired) electrons. The first-order valence-corrected chi connectivity index (χ1v) is 6.95. The average Bonchev–Trinajstić information content (AvgIpc) is 2.34. The van der Waals surface area contributed by atoms with Gasteiger partial charge in [0.2, 0.25) is 0 Å². The first-order valence-electron chi connectivity index (χ1n) is 6.95. The van der Waals surface area contributed by atoms with E-state index >= 15 is 0 Å². The Morgan fingerprint density at radius 1 is 1.39 bits per heavy atom. The van der Waals surface area contributed by atoms with Crippen molar-refractivity contribution in [1.29, 1.82) is 0 Å². The standard InChI is InChI=1S/C14H26O4/c1-14(2,9-5-3-7-12(15)16)11-18-13-8-4-6-10-17-13/h13H,3-11H2,1-2H3,(H,15,16)/t13-/m0/s1. The van der Waals surface area contributed by atoms with E-state index in [1.165, 1.54) is 6.42 Å². The van der Waals surface area contributed by atoms with Crippen molar-refractivity contribution in [2.24, 2.45) is 5.41 Å². The molecule has 0 aliphatic carbocycles. The molecule has 1 fully saturated rings. The Hall–Kier alpha value is -0.610. The Morgan fingerprint density at radius 2 is 2.17 bits per heavy atom. The highest BCUT2D eigenvalue weighted by molar-refractivity contribution is 5.66. The van der Waals surface area contributed by atoms with E-state index in [9.17, 15) is 4.79 Å². The van der Waals surface area contributed by atoms with Crippen LogP contribution in [0.25, 0.3) is 0 Å². The summed E-state index contributed by atoms with van der Waals surface area (Å²) >= 11 is 0. The van der Waals surface area contributed by atoms with Gasteiger partial charge in [0.05, 0.1) is 6.61 Å². The molecule has 1 rings (SSSR count). The molecule has 0 bridgehead atoms. The molecule has 4 heteroatoms. The lowest BCUT2D eigenvalue weighted by molar-refractivity contribution is -0.176. The van der Waals surface area contributed by atoms with E-state index in [2.05, 4.69) is 13.8 Å². The molecule has 0 aromatic rings. The monoisotopic (exact) mass is 258 g/mol. The predicted octanol–water partition coefficient (Wildman–Crippen LogP) is 3.20. The number of carboxylic acids is 1. The summed E-state index contributed by atoms with van der Waals surface area (Å²) in [6.07, 6.45) is 6.23. The maximum absolute atomic E-state index is 10.4. The third-order valence-electron chi connectivity index (χ3n) is 3.29. The van der Waals surface area contributed by atoms with Gasteiger partial charge in [0.1, 0.15) is 0 Å². The van der Waals surface area contributed by atoms with Crippen LogP contribution in [-0.4, -0.2) is 30.6 Å². The summed E-state index contributed by atoms with van der Waals surface area (Å²) in [5.41, 5.74) is 0.0965. The maximum atomic E-state index is 10.4. The lowest BCUT2D eigenvalue weighted by atomic mass is 9.88. The molecule has 1 saturated heterocycles. The summed E-state index contributed by atoms with van der Waals surface area (Å²) in [7, 11) is 0. The Morgan fingerprint density at radius 3 is 2.78 bits per heavy atom. The van der Waals surface area contributed by atoms with Crippen molar-refractivity contribution < 1.29 is 19.4 Å². The van der Waals surface area contributed by atoms with Crippen molar-refractivity contribution in [3.8, 4) is 0 Å². The quantitative estimate of drug-likeness (QED) is 0.679. The Kier molecular flexibility index (Phi) is 6.65. The van der Waals surface area contributed by atoms with Crippen molar-refractivity contribution in [1.82, 2.24) is 0 Å². The van der Waals surface area contributed by atoms with Crippen LogP contribution in [0, 0.1) is 5.41 Å². The zero-order chi connectivity index (χ0) is 13.4. The van der Waals surface area contributed by atoms with E-state index < -0.39 is 5.97 Å². The van der Waals surface area contributed by atoms with Gasteiger partial charge in [-0.15, -0.1) is 0 Å². The van der Waals surface area contributed by atoms with Gasteiger partial charge in [-0.3, -0.25) is 4.79 Å². The second-order valence-electron chi connectivity index (χ2n) is 5.87. The van der Waals surface area contributed by atoms with Crippen molar-refractivity contribution in [3.05, 3.63) is 0 Å². The number of aliphatic carboxylic acids is 1. The van der Waals surface area contributed by atoms with Gasteiger partial charge in [-0.05, 0) is 37.5 Å². The van der Waals surface area contributed by atoms with Crippen LogP contribution in [0.5, 0.6) is 0 Å². The minimum atomic E-state index is -0.709. The lowest BCUT2D eigenvalue weighted by Gasteiger charge is -2.29. The van der Waals surface area contributed by atoms with Gasteiger partial charge in [0.15, 0.2) is 6.29 Å². The number of rotatable bonds is 8. The SMILES string of the molecule is CC(C)(CCCCC(=O)O)CO[C@H]1CCCCO1. The zero-order valence-electron chi connectivity index (χ0n) is 11.6. The smallest absolute Gasteiger partial charge is 0.303 e. The molecule has 1 atom stereocenters. The third-order valence-corrected chi connectivity index (χ3v) is 3.29. The predicted molar refractivity (Wildman–Crippen MR) is 69.4 cm³/mol. The van der Waals surface area contributed by atoms with Crippen LogP contribution < -0.4 is 0 Å². The molecule has 1 aliphatic rings. The Bertz CT molecular complexity index is 244. The van der Waals surface area contributed by atoms with Crippen molar-refractivity contribution in [3.63, 3.8) is 0 Å². The highest BCUT2D eigenvalue weighted by Gasteiger charge is 2.22. The van der Waals surface area contributed by atoms with E-state index in [1.54, 1.807) is 0 Å². The second-order valence-corrected chi connectivity index (χ2v) is 5.87. The summed E-state index contributed by atoms with van der Waals surface area (Å²) in [5.74, 6) is -0.709. The van der Waals surface area contributed by atoms with Gasteiger partial charge < -0.3 is 14.6 Å². The summed E-state index contributed by atoms with van der Waals surface area (Å²) in [4.78, 5) is 10.4. The largest absolute Gasteiger partial charge is 0.481 e. The molecular formula is C14H26O4. The fourth-order valence-corrected chi connectivity index (χ4v) is 2.11. The van der Waals surface area contributed by atoms with Gasteiger partial charge in [0.25, 0.3) is 0 Å². The summed E-state index contributed by atoms with van der Waals surface area (Å²) in [5, 5.41) is 8.58. The van der Waals surface area contributed by atoms with Crippen LogP contribution in [0.4, 0.5) is 0 Å². The molecule has 0 unspecified atom stereocenters. The van der Waals surface area contributed by atoms with Crippen LogP contribution in [0.3, 0.4) is 0 Å². The topological polar surface area (TPSA) is 55.8 Å². The van der Waals surface area contributed by atoms with Crippen molar-refractivity contribution >= 4 is 5.97 Å². The van der Waals surface area contributed by atoms with E-state index in [1.807, 2.05) is 0 Å². The number of hydrogen-bond acceptors (Lipinski definition) is 3. The molecule has 1 N–H and O–H groups in total. The van der Waals surface area contributed by atoms with E-state index in [0.29, 0.717) is 6.61 Å². The molecule has 18 heavy (non-hydrogen) atoms. The molecule has 106 valence electrons. The lowest BCUT2D eigenvalue weighted by Crippen LogP contribution is -2.28. The minimum absolute atomic E-state index is 0.0305. The fraction of sp³-hybridized carbons (Fsp3) is 0.929. The fourth-order valence-electron chi connectivity index (χ4n) is 2.11. The van der Waals surface area contributed by atoms with Gasteiger partial charge in [-0.25, -0.2) is 0 Å². The highest BCUT2D eigenvalue weighted by atomic mass is 16.7. The number of carboxylic acid groups (broad SMARTS) is 1. The summed E-state index contributed by atoms with van der Waals surface area (Å²) in [6.45, 7) is 5.82. The van der Waals surface area contributed by atoms with Crippen molar-refractivity contribution in [2.75, 3.05) is 13.2 Å². The molecule has 1 heterocycles. The van der Waals surface area contributed by atoms with Gasteiger partial charge >= 0.3 is 5.97 Å². The van der Waals surface area contributed by atoms with Gasteiger partial charge in [-0.1, -0.05) is 20.3 Å². The number of hydrogen-bond donors (Lipinski definition) is 1. The van der Waals surface area contributed by atoms with Crippen LogP contribution in [0.1, 0.15) is 58.8 Å². The molecular weight excluding hydrogens is 232 g/mol. The first kappa shape index (κ1) is 15.4. The second kappa shape index (κ2) is 7.74. The number of carbonyl (C=O) groups is 1. The number of ether oxygens (including phenoxy) is 2. The molecule has 0 aromatic heterocycles. The molecule has 4 nitrogen and oxygen atoms in total. The minimum Gasteiger partial charge on any atom is -0.481 e. The Balaban J connectivity index is 2.11. The molecule has 0 aromatic carbocycles. The van der Waals surface area contributed by atoms with Crippen molar-refractivity contribution in [2.45, 2.75) is 65.1 Å². The van der Waals surface area contributed by atoms with Gasteiger partial charge in [0, 0.05) is 13.0 Å². The highest BCUT2D eigenvalue weighted by Crippen LogP contribution is 2.26. The molecule has 1 aliphatic heterocycles. The number of unbranched alkanes of at least 4 members (excludes halogenated alkanes) is 1. The Labute approximate surface area is 110 Å². The normalized spacial score (nSPS) is 20.9. The van der Waals surface area contributed by atoms with Gasteiger partial charge in [-0.2, -0.15) is 0 Å². The zero-order valence-corrected chi connectivity index (χ0v) is 11.6. The third kappa shape index (κ3) is 6.97. The molecule has 0 saturated carbocycles. The van der Waals surface area contributed by atoms with E-state index in [-0.39, 0.29) is 18.1 Å². The van der Waals surface area contributed by atoms with Crippen LogP contribution in [-0.2, 0) is 14.3 Å². The van der Waals surface area contributed by atoms with E-state index in [4.69, 9.17) is 14.6 Å². The van der Waals surface area contributed by atoms with Crippen LogP contribution in [0.15, 0.2) is 0 Å². The summed E-state index contributed by atoms with van der Waals surface area (Å²) < 4.78 is 11.3.